The van der Waals surface area contributed by atoms with E-state index in [0.717, 1.165) is 0 Å². The average Bonchev–Trinajstić information content (AvgIpc) is 3.46. The lowest BCUT2D eigenvalue weighted by molar-refractivity contribution is 0.632. The molecule has 0 saturated heterocycles. The Bertz CT molecular complexity index is 2640. The van der Waals surface area contributed by atoms with Gasteiger partial charge in [0.2, 0.25) is 0 Å². The van der Waals surface area contributed by atoms with Crippen molar-refractivity contribution >= 4 is 67.8 Å². The zero-order valence-electron chi connectivity index (χ0n) is 27.6. The van der Waals surface area contributed by atoms with E-state index in [-0.39, 0.29) is 5.41 Å². The molecule has 0 aliphatic carbocycles. The summed E-state index contributed by atoms with van der Waals surface area (Å²) in [6.07, 6.45) is 0. The van der Waals surface area contributed by atoms with Gasteiger partial charge in [-0.25, -0.2) is 0 Å². The Hall–Kier alpha value is -5.54. The van der Waals surface area contributed by atoms with Gasteiger partial charge in [-0.15, -0.1) is 0 Å². The van der Waals surface area contributed by atoms with Crippen LogP contribution in [-0.2, 0) is 5.41 Å². The summed E-state index contributed by atoms with van der Waals surface area (Å²) in [6, 6.07) is 47.4. The minimum absolute atomic E-state index is 0.115. The summed E-state index contributed by atoms with van der Waals surface area (Å²) in [5.41, 5.74) is 18.8. The summed E-state index contributed by atoms with van der Waals surface area (Å²) in [6.45, 7) is 9.21. The molecule has 0 amide bonds. The molecule has 3 heterocycles. The van der Waals surface area contributed by atoms with Crippen LogP contribution < -0.4 is 15.8 Å². The summed E-state index contributed by atoms with van der Waals surface area (Å²) in [4.78, 5) is 6.44. The van der Waals surface area contributed by atoms with Crippen LogP contribution in [0.5, 0.6) is 0 Å². The number of para-hydroxylation sites is 3. The quantitative estimate of drug-likeness (QED) is 0.192. The van der Waals surface area contributed by atoms with Gasteiger partial charge in [-0.3, -0.25) is 0 Å². The van der Waals surface area contributed by atoms with Crippen LogP contribution in [0.25, 0.3) is 54.8 Å². The third-order valence-corrected chi connectivity index (χ3v) is 11.0. The number of nitrogens with one attached hydrogen (secondary N) is 1. The zero-order valence-corrected chi connectivity index (χ0v) is 27.6. The Morgan fingerprint density at radius 2 is 1.31 bits per heavy atom. The molecule has 227 valence electrons. The van der Waals surface area contributed by atoms with Crippen molar-refractivity contribution in [2.24, 2.45) is 0 Å². The summed E-state index contributed by atoms with van der Waals surface area (Å²) in [5, 5.41) is 5.03. The highest BCUT2D eigenvalue weighted by molar-refractivity contribution is 6.73. The van der Waals surface area contributed by atoms with Crippen molar-refractivity contribution in [3.63, 3.8) is 0 Å². The number of nitrogens with zero attached hydrogens (tertiary/aromatic N) is 1. The van der Waals surface area contributed by atoms with E-state index >= 15 is 0 Å². The first-order valence-electron chi connectivity index (χ1n) is 16.9. The molecule has 1 aromatic heterocycles. The Morgan fingerprint density at radius 1 is 0.604 bits per heavy atom. The van der Waals surface area contributed by atoms with Crippen LogP contribution in [0.4, 0.5) is 17.1 Å². The number of hydrogen-bond donors (Lipinski definition) is 1. The molecule has 0 atom stereocenters. The molecular formula is C45H34BN2. The van der Waals surface area contributed by atoms with E-state index in [1.807, 2.05) is 0 Å². The Balaban J connectivity index is 1.32. The molecule has 0 unspecified atom stereocenters. The van der Waals surface area contributed by atoms with Crippen molar-refractivity contribution in [2.75, 3.05) is 4.90 Å². The van der Waals surface area contributed by atoms with Crippen LogP contribution in [-0.4, -0.2) is 12.3 Å². The van der Waals surface area contributed by atoms with E-state index in [0.29, 0.717) is 0 Å². The minimum atomic E-state index is -0.115. The number of aromatic nitrogens is 1. The lowest BCUT2D eigenvalue weighted by Crippen LogP contribution is -2.45. The van der Waals surface area contributed by atoms with Crippen LogP contribution >= 0.6 is 0 Å². The molecule has 0 saturated carbocycles. The summed E-state index contributed by atoms with van der Waals surface area (Å²) >= 11 is 0. The molecular weight excluding hydrogens is 579 g/mol. The third-order valence-electron chi connectivity index (χ3n) is 11.0. The van der Waals surface area contributed by atoms with Gasteiger partial charge in [0.25, 0.3) is 0 Å². The minimum Gasteiger partial charge on any atom is -0.354 e. The lowest BCUT2D eigenvalue weighted by Gasteiger charge is -2.46. The molecule has 10 rings (SSSR count). The maximum absolute atomic E-state index is 3.89. The van der Waals surface area contributed by atoms with Crippen molar-refractivity contribution in [1.29, 1.82) is 0 Å². The Kier molecular flexibility index (Phi) is 5.60. The summed E-state index contributed by atoms with van der Waals surface area (Å²) in [7, 11) is 2.44. The van der Waals surface area contributed by atoms with Gasteiger partial charge in [-0.05, 0) is 99.4 Å². The number of H-pyrrole nitrogens is 1. The first kappa shape index (κ1) is 27.6. The first-order valence-corrected chi connectivity index (χ1v) is 16.9. The number of benzene rings is 7. The fourth-order valence-corrected chi connectivity index (χ4v) is 8.75. The topological polar surface area (TPSA) is 19.0 Å². The highest BCUT2D eigenvalue weighted by Gasteiger charge is 2.41. The van der Waals surface area contributed by atoms with Gasteiger partial charge in [-0.2, -0.15) is 0 Å². The van der Waals surface area contributed by atoms with Crippen LogP contribution in [0.3, 0.4) is 0 Å². The molecule has 2 aliphatic rings. The molecule has 1 radical (unpaired) electrons. The monoisotopic (exact) mass is 613 g/mol. The standard InChI is InChI=1S/C45H34BN2/c1-26-12-9-13-27(2)41(26)30-23-34(32-17-10-16-31-33-22-28-14-5-6-15-29(28)24-38(33)47-43(31)32)42-40(25-30)48-39-21-8-7-18-35(39)45(3,4)36-19-11-20-37(46-42)44(36)48/h5-25,47H,1-4H3. The van der Waals surface area contributed by atoms with Crippen LogP contribution in [0.15, 0.2) is 127 Å². The summed E-state index contributed by atoms with van der Waals surface area (Å²) in [5.74, 6) is 0. The molecule has 3 heteroatoms. The molecule has 0 spiro atoms. The number of rotatable bonds is 2. The number of aryl methyl sites for hydroxylation is 2. The first-order chi connectivity index (χ1) is 23.4. The van der Waals surface area contributed by atoms with E-state index in [1.165, 1.54) is 105 Å². The zero-order chi connectivity index (χ0) is 32.3. The molecule has 8 aromatic rings. The van der Waals surface area contributed by atoms with E-state index in [4.69, 9.17) is 0 Å². The van der Waals surface area contributed by atoms with E-state index in [9.17, 15) is 0 Å². The predicted octanol–water partition coefficient (Wildman–Crippen LogP) is 10.5. The van der Waals surface area contributed by atoms with Crippen molar-refractivity contribution in [2.45, 2.75) is 33.1 Å². The van der Waals surface area contributed by atoms with E-state index < -0.39 is 0 Å². The second kappa shape index (κ2) is 9.75. The smallest absolute Gasteiger partial charge is 0.197 e. The molecule has 0 fully saturated rings. The highest BCUT2D eigenvalue weighted by atomic mass is 15.2. The predicted molar refractivity (Wildman–Crippen MR) is 205 cm³/mol. The number of fused-ring (bicyclic) bond motifs is 8. The molecule has 1 N–H and O–H groups in total. The van der Waals surface area contributed by atoms with Crippen LogP contribution in [0, 0.1) is 13.8 Å². The molecule has 2 nitrogen and oxygen atoms in total. The van der Waals surface area contributed by atoms with Crippen molar-refractivity contribution < 1.29 is 0 Å². The largest absolute Gasteiger partial charge is 0.354 e. The normalized spacial score (nSPS) is 14.1. The van der Waals surface area contributed by atoms with Gasteiger partial charge < -0.3 is 9.88 Å². The van der Waals surface area contributed by atoms with Crippen LogP contribution in [0.1, 0.15) is 36.1 Å². The van der Waals surface area contributed by atoms with Gasteiger partial charge >= 0.3 is 0 Å². The third kappa shape index (κ3) is 3.70. The van der Waals surface area contributed by atoms with Gasteiger partial charge in [0.05, 0.1) is 11.2 Å². The molecule has 48 heavy (non-hydrogen) atoms. The molecule has 7 aromatic carbocycles. The van der Waals surface area contributed by atoms with Gasteiger partial charge in [0, 0.05) is 38.6 Å². The van der Waals surface area contributed by atoms with Crippen LogP contribution in [0.2, 0.25) is 0 Å². The number of aromatic amines is 1. The average molecular weight is 614 g/mol. The summed E-state index contributed by atoms with van der Waals surface area (Å²) < 4.78 is 0. The SMILES string of the molecule is Cc1cccc(C)c1-c1cc(-c2cccc3c2[nH]c2cc4ccccc4cc23)c2c(c1)N1c3ccccc3C(C)(C)c3cccc(c31)[B]2. The molecule has 0 bridgehead atoms. The van der Waals surface area contributed by atoms with Gasteiger partial charge in [0.15, 0.2) is 7.28 Å². The second-order valence-corrected chi connectivity index (χ2v) is 14.2. The van der Waals surface area contributed by atoms with Gasteiger partial charge in [-0.1, -0.05) is 116 Å². The highest BCUT2D eigenvalue weighted by Crippen LogP contribution is 2.53. The number of anilines is 3. The van der Waals surface area contributed by atoms with Crippen molar-refractivity contribution in [1.82, 2.24) is 4.98 Å². The maximum atomic E-state index is 3.89. The molecule has 2 aliphatic heterocycles. The second-order valence-electron chi connectivity index (χ2n) is 14.2. The fraction of sp³-hybridized carbons (Fsp3) is 0.111. The van der Waals surface area contributed by atoms with Crippen molar-refractivity contribution in [3.8, 4) is 22.3 Å². The van der Waals surface area contributed by atoms with E-state index in [2.05, 4.69) is 172 Å². The Labute approximate surface area is 281 Å². The lowest BCUT2D eigenvalue weighted by atomic mass is 9.55. The fourth-order valence-electron chi connectivity index (χ4n) is 8.75. The van der Waals surface area contributed by atoms with E-state index in [1.54, 1.807) is 0 Å². The van der Waals surface area contributed by atoms with Crippen molar-refractivity contribution in [3.05, 3.63) is 150 Å². The maximum Gasteiger partial charge on any atom is 0.197 e. The number of hydrogen-bond acceptors (Lipinski definition) is 1. The van der Waals surface area contributed by atoms with Gasteiger partial charge in [0.1, 0.15) is 0 Å². The Morgan fingerprint density at radius 3 is 2.15 bits per heavy atom.